The van der Waals surface area contributed by atoms with Crippen LogP contribution in [0.1, 0.15) is 71.6 Å². The van der Waals surface area contributed by atoms with Crippen molar-refractivity contribution in [2.45, 2.75) is 71.6 Å². The molecule has 1 saturated heterocycles. The van der Waals surface area contributed by atoms with Crippen LogP contribution in [0.4, 0.5) is 0 Å². The maximum absolute atomic E-state index is 12.0. The second kappa shape index (κ2) is 11.1. The second-order valence-electron chi connectivity index (χ2n) is 6.17. The Balaban J connectivity index is 2.07. The first-order valence-electron chi connectivity index (χ1n) is 8.78. The normalized spacial score (nSPS) is 17.3. The van der Waals surface area contributed by atoms with Crippen molar-refractivity contribution in [3.63, 3.8) is 0 Å². The van der Waals surface area contributed by atoms with Gasteiger partial charge in [-0.25, -0.2) is 0 Å². The Kier molecular flexibility index (Phi) is 9.73. The summed E-state index contributed by atoms with van der Waals surface area (Å²) in [5.41, 5.74) is 0. The molecule has 0 spiro atoms. The fourth-order valence-corrected chi connectivity index (χ4v) is 2.91. The van der Waals surface area contributed by atoms with Crippen LogP contribution < -0.4 is 5.32 Å². The summed E-state index contributed by atoms with van der Waals surface area (Å²) in [6, 6.07) is 0. The zero-order valence-corrected chi connectivity index (χ0v) is 13.6. The number of nitrogens with one attached hydrogen (secondary N) is 1. The van der Waals surface area contributed by atoms with Crippen LogP contribution in [0.5, 0.6) is 0 Å². The number of amides is 1. The SMILES string of the molecule is CCCCCCN1CCC(C(=O)NCCCCC)CC1. The summed E-state index contributed by atoms with van der Waals surface area (Å²) in [5, 5.41) is 3.10. The standard InChI is InChI=1S/C17H34N2O/c1-3-5-7-9-13-19-14-10-16(11-15-19)17(20)18-12-8-6-4-2/h16H,3-15H2,1-2H3,(H,18,20). The van der Waals surface area contributed by atoms with E-state index in [4.69, 9.17) is 0 Å². The topological polar surface area (TPSA) is 32.3 Å². The number of rotatable bonds is 10. The lowest BCUT2D eigenvalue weighted by molar-refractivity contribution is -0.126. The van der Waals surface area contributed by atoms with Crippen molar-refractivity contribution in [3.8, 4) is 0 Å². The van der Waals surface area contributed by atoms with Gasteiger partial charge >= 0.3 is 0 Å². The van der Waals surface area contributed by atoms with E-state index in [9.17, 15) is 4.79 Å². The number of carbonyl (C=O) groups excluding carboxylic acids is 1. The van der Waals surface area contributed by atoms with Crippen LogP contribution in [-0.4, -0.2) is 37.0 Å². The van der Waals surface area contributed by atoms with Gasteiger partial charge in [0, 0.05) is 12.5 Å². The van der Waals surface area contributed by atoms with E-state index >= 15 is 0 Å². The van der Waals surface area contributed by atoms with Crippen molar-refractivity contribution in [1.82, 2.24) is 10.2 Å². The van der Waals surface area contributed by atoms with Crippen molar-refractivity contribution in [3.05, 3.63) is 0 Å². The first-order valence-corrected chi connectivity index (χ1v) is 8.78. The Labute approximate surface area is 125 Å². The third kappa shape index (κ3) is 7.28. The van der Waals surface area contributed by atoms with E-state index in [0.29, 0.717) is 5.91 Å². The smallest absolute Gasteiger partial charge is 0.223 e. The van der Waals surface area contributed by atoms with E-state index in [1.165, 1.54) is 45.1 Å². The Morgan fingerprint density at radius 2 is 1.65 bits per heavy atom. The second-order valence-corrected chi connectivity index (χ2v) is 6.17. The molecule has 118 valence electrons. The minimum Gasteiger partial charge on any atom is -0.356 e. The van der Waals surface area contributed by atoms with Gasteiger partial charge in [0.25, 0.3) is 0 Å². The molecule has 0 radical (unpaired) electrons. The number of likely N-dealkylation sites (tertiary alicyclic amines) is 1. The van der Waals surface area contributed by atoms with Crippen molar-refractivity contribution in [1.29, 1.82) is 0 Å². The van der Waals surface area contributed by atoms with Gasteiger partial charge in [-0.1, -0.05) is 46.0 Å². The zero-order chi connectivity index (χ0) is 14.6. The van der Waals surface area contributed by atoms with Gasteiger partial charge in [0.2, 0.25) is 5.91 Å². The van der Waals surface area contributed by atoms with Crippen molar-refractivity contribution in [2.75, 3.05) is 26.2 Å². The van der Waals surface area contributed by atoms with Gasteiger partial charge in [-0.15, -0.1) is 0 Å². The van der Waals surface area contributed by atoms with E-state index in [1.807, 2.05) is 0 Å². The molecule has 3 nitrogen and oxygen atoms in total. The van der Waals surface area contributed by atoms with Crippen LogP contribution in [0.3, 0.4) is 0 Å². The molecule has 0 aromatic carbocycles. The van der Waals surface area contributed by atoms with E-state index in [0.717, 1.165) is 38.9 Å². The van der Waals surface area contributed by atoms with Crippen LogP contribution in [0.25, 0.3) is 0 Å². The number of piperidine rings is 1. The Morgan fingerprint density at radius 3 is 2.30 bits per heavy atom. The van der Waals surface area contributed by atoms with E-state index in [2.05, 4.69) is 24.1 Å². The lowest BCUT2D eigenvalue weighted by atomic mass is 9.95. The molecular weight excluding hydrogens is 248 g/mol. The molecule has 1 fully saturated rings. The first kappa shape index (κ1) is 17.5. The lowest BCUT2D eigenvalue weighted by Gasteiger charge is -2.31. The Bertz CT molecular complexity index is 247. The highest BCUT2D eigenvalue weighted by atomic mass is 16.1. The highest BCUT2D eigenvalue weighted by molar-refractivity contribution is 5.78. The average molecular weight is 282 g/mol. The quantitative estimate of drug-likeness (QED) is 0.621. The van der Waals surface area contributed by atoms with Gasteiger partial charge in [-0.3, -0.25) is 4.79 Å². The van der Waals surface area contributed by atoms with E-state index in [-0.39, 0.29) is 5.92 Å². The fourth-order valence-electron chi connectivity index (χ4n) is 2.91. The average Bonchev–Trinajstić information content (AvgIpc) is 2.48. The molecule has 0 atom stereocenters. The summed E-state index contributed by atoms with van der Waals surface area (Å²) in [4.78, 5) is 14.6. The number of hydrogen-bond acceptors (Lipinski definition) is 2. The van der Waals surface area contributed by atoms with Crippen LogP contribution in [0.15, 0.2) is 0 Å². The fraction of sp³-hybridized carbons (Fsp3) is 0.941. The monoisotopic (exact) mass is 282 g/mol. The highest BCUT2D eigenvalue weighted by Gasteiger charge is 2.24. The molecule has 0 aliphatic carbocycles. The molecular formula is C17H34N2O. The molecule has 1 aliphatic heterocycles. The minimum absolute atomic E-state index is 0.267. The molecule has 20 heavy (non-hydrogen) atoms. The van der Waals surface area contributed by atoms with Crippen LogP contribution in [-0.2, 0) is 4.79 Å². The summed E-state index contributed by atoms with van der Waals surface area (Å²) < 4.78 is 0. The molecule has 1 rings (SSSR count). The first-order chi connectivity index (χ1) is 9.77. The summed E-state index contributed by atoms with van der Waals surface area (Å²) in [6.07, 6.45) is 11.0. The third-order valence-corrected chi connectivity index (χ3v) is 4.37. The zero-order valence-electron chi connectivity index (χ0n) is 13.6. The van der Waals surface area contributed by atoms with Crippen LogP contribution in [0, 0.1) is 5.92 Å². The number of hydrogen-bond donors (Lipinski definition) is 1. The van der Waals surface area contributed by atoms with Gasteiger partial charge in [-0.05, 0) is 45.3 Å². The minimum atomic E-state index is 0.267. The predicted octanol–water partition coefficient (Wildman–Crippen LogP) is 3.59. The number of nitrogens with zero attached hydrogens (tertiary/aromatic N) is 1. The maximum atomic E-state index is 12.0. The summed E-state index contributed by atoms with van der Waals surface area (Å²) in [6.45, 7) is 8.76. The molecule has 1 N–H and O–H groups in total. The van der Waals surface area contributed by atoms with E-state index in [1.54, 1.807) is 0 Å². The van der Waals surface area contributed by atoms with Crippen LogP contribution >= 0.6 is 0 Å². The molecule has 0 aromatic heterocycles. The molecule has 0 unspecified atom stereocenters. The molecule has 0 bridgehead atoms. The number of unbranched alkanes of at least 4 members (excludes halogenated alkanes) is 5. The molecule has 3 heteroatoms. The lowest BCUT2D eigenvalue weighted by Crippen LogP contribution is -2.41. The molecule has 1 amide bonds. The van der Waals surface area contributed by atoms with Crippen LogP contribution in [0.2, 0.25) is 0 Å². The molecule has 1 aliphatic rings. The van der Waals surface area contributed by atoms with E-state index < -0.39 is 0 Å². The summed E-state index contributed by atoms with van der Waals surface area (Å²) >= 11 is 0. The Hall–Kier alpha value is -0.570. The highest BCUT2D eigenvalue weighted by Crippen LogP contribution is 2.18. The van der Waals surface area contributed by atoms with Crippen molar-refractivity contribution >= 4 is 5.91 Å². The Morgan fingerprint density at radius 1 is 1.00 bits per heavy atom. The molecule has 1 heterocycles. The maximum Gasteiger partial charge on any atom is 0.223 e. The van der Waals surface area contributed by atoms with Gasteiger partial charge < -0.3 is 10.2 Å². The van der Waals surface area contributed by atoms with Gasteiger partial charge in [0.05, 0.1) is 0 Å². The summed E-state index contributed by atoms with van der Waals surface area (Å²) in [7, 11) is 0. The predicted molar refractivity (Wildman–Crippen MR) is 85.8 cm³/mol. The van der Waals surface area contributed by atoms with Gasteiger partial charge in [0.15, 0.2) is 0 Å². The van der Waals surface area contributed by atoms with Crippen molar-refractivity contribution < 1.29 is 4.79 Å². The molecule has 0 aromatic rings. The molecule has 0 saturated carbocycles. The van der Waals surface area contributed by atoms with Gasteiger partial charge in [0.1, 0.15) is 0 Å². The third-order valence-electron chi connectivity index (χ3n) is 4.37. The van der Waals surface area contributed by atoms with Crippen molar-refractivity contribution in [2.24, 2.45) is 5.92 Å². The van der Waals surface area contributed by atoms with Gasteiger partial charge in [-0.2, -0.15) is 0 Å². The largest absolute Gasteiger partial charge is 0.356 e. The summed E-state index contributed by atoms with van der Waals surface area (Å²) in [5.74, 6) is 0.565. The number of carbonyl (C=O) groups is 1.